The highest BCUT2D eigenvalue weighted by atomic mass is 35.5. The highest BCUT2D eigenvalue weighted by Crippen LogP contribution is 2.30. The summed E-state index contributed by atoms with van der Waals surface area (Å²) in [5.74, 6) is -0.0220. The summed E-state index contributed by atoms with van der Waals surface area (Å²) in [6, 6.07) is 11.0. The maximum atomic E-state index is 12.9. The molecule has 1 aliphatic rings. The van der Waals surface area contributed by atoms with Crippen LogP contribution in [-0.4, -0.2) is 38.8 Å². The van der Waals surface area contributed by atoms with E-state index in [2.05, 4.69) is 5.32 Å². The largest absolute Gasteiger partial charge is 0.495 e. The van der Waals surface area contributed by atoms with E-state index in [0.717, 1.165) is 19.3 Å². The zero-order valence-electron chi connectivity index (χ0n) is 14.9. The molecule has 0 spiro atoms. The summed E-state index contributed by atoms with van der Waals surface area (Å²) in [6.45, 7) is 1.02. The average Bonchev–Trinajstić information content (AvgIpc) is 2.68. The van der Waals surface area contributed by atoms with Gasteiger partial charge in [-0.15, -0.1) is 0 Å². The number of halogens is 1. The van der Waals surface area contributed by atoms with E-state index in [1.165, 1.54) is 29.6 Å². The fraction of sp³-hybridized carbons (Fsp3) is 0.316. The van der Waals surface area contributed by atoms with Gasteiger partial charge in [0.25, 0.3) is 5.91 Å². The lowest BCUT2D eigenvalue weighted by Gasteiger charge is -2.26. The molecule has 1 heterocycles. The van der Waals surface area contributed by atoms with E-state index in [1.54, 1.807) is 24.3 Å². The minimum absolute atomic E-state index is 0.131. The molecule has 2 aromatic rings. The van der Waals surface area contributed by atoms with Crippen LogP contribution in [0.2, 0.25) is 5.02 Å². The smallest absolute Gasteiger partial charge is 0.255 e. The Morgan fingerprint density at radius 1 is 1.11 bits per heavy atom. The van der Waals surface area contributed by atoms with Gasteiger partial charge in [0.15, 0.2) is 0 Å². The van der Waals surface area contributed by atoms with Gasteiger partial charge in [-0.3, -0.25) is 4.79 Å². The number of rotatable bonds is 5. The predicted molar refractivity (Wildman–Crippen MR) is 105 cm³/mol. The summed E-state index contributed by atoms with van der Waals surface area (Å²) < 4.78 is 32.5. The van der Waals surface area contributed by atoms with Crippen molar-refractivity contribution in [2.75, 3.05) is 25.5 Å². The van der Waals surface area contributed by atoms with Gasteiger partial charge in [0.05, 0.1) is 17.7 Å². The molecular weight excluding hydrogens is 388 g/mol. The molecule has 0 aromatic heterocycles. The van der Waals surface area contributed by atoms with E-state index in [1.807, 2.05) is 0 Å². The Kier molecular flexibility index (Phi) is 6.04. The normalized spacial score (nSPS) is 15.3. The van der Waals surface area contributed by atoms with Crippen molar-refractivity contribution in [1.29, 1.82) is 0 Å². The summed E-state index contributed by atoms with van der Waals surface area (Å²) >= 11 is 5.93. The second kappa shape index (κ2) is 8.29. The molecule has 0 aliphatic carbocycles. The number of sulfonamides is 1. The highest BCUT2D eigenvalue weighted by molar-refractivity contribution is 7.89. The van der Waals surface area contributed by atoms with E-state index in [0.29, 0.717) is 35.1 Å². The second-order valence-electron chi connectivity index (χ2n) is 6.29. The van der Waals surface area contributed by atoms with Crippen LogP contribution in [0, 0.1) is 0 Å². The monoisotopic (exact) mass is 408 g/mol. The number of nitrogens with zero attached hydrogens (tertiary/aromatic N) is 1. The molecule has 6 nitrogen and oxygen atoms in total. The first-order valence-electron chi connectivity index (χ1n) is 8.67. The van der Waals surface area contributed by atoms with Crippen molar-refractivity contribution in [3.05, 3.63) is 53.1 Å². The Morgan fingerprint density at radius 2 is 1.85 bits per heavy atom. The number of ether oxygens (including phenoxy) is 1. The third-order valence-corrected chi connectivity index (χ3v) is 6.59. The summed E-state index contributed by atoms with van der Waals surface area (Å²) in [5, 5.41) is 3.16. The van der Waals surface area contributed by atoms with Gasteiger partial charge in [0.1, 0.15) is 5.75 Å². The van der Waals surface area contributed by atoms with Crippen molar-refractivity contribution in [2.24, 2.45) is 0 Å². The third kappa shape index (κ3) is 4.43. The molecule has 27 heavy (non-hydrogen) atoms. The number of carbonyl (C=O) groups is 1. The number of anilines is 1. The van der Waals surface area contributed by atoms with Gasteiger partial charge in [-0.2, -0.15) is 4.31 Å². The first kappa shape index (κ1) is 19.7. The van der Waals surface area contributed by atoms with Crippen LogP contribution >= 0.6 is 11.6 Å². The van der Waals surface area contributed by atoms with Crippen LogP contribution in [0.3, 0.4) is 0 Å². The number of hydrogen-bond donors (Lipinski definition) is 1. The summed E-state index contributed by atoms with van der Waals surface area (Å²) in [5.41, 5.74) is 0.661. The number of nitrogens with one attached hydrogen (secondary N) is 1. The Morgan fingerprint density at radius 3 is 2.52 bits per heavy atom. The van der Waals surface area contributed by atoms with Gasteiger partial charge in [-0.05, 0) is 49.2 Å². The van der Waals surface area contributed by atoms with E-state index >= 15 is 0 Å². The molecule has 1 amide bonds. The van der Waals surface area contributed by atoms with Crippen LogP contribution in [0.5, 0.6) is 5.75 Å². The quantitative estimate of drug-likeness (QED) is 0.816. The second-order valence-corrected chi connectivity index (χ2v) is 8.67. The number of amides is 1. The van der Waals surface area contributed by atoms with Gasteiger partial charge in [0.2, 0.25) is 10.0 Å². The van der Waals surface area contributed by atoms with Crippen molar-refractivity contribution in [3.8, 4) is 5.75 Å². The first-order chi connectivity index (χ1) is 12.9. The highest BCUT2D eigenvalue weighted by Gasteiger charge is 2.27. The molecule has 0 saturated carbocycles. The number of methoxy groups -OCH3 is 1. The molecule has 0 unspecified atom stereocenters. The molecular formula is C19H21ClN2O4S. The SMILES string of the molecule is COc1ccc(S(=O)(=O)N2CCCCC2)cc1NC(=O)c1cccc(Cl)c1. The fourth-order valence-corrected chi connectivity index (χ4v) is 4.76. The Bertz CT molecular complexity index is 940. The molecule has 1 aliphatic heterocycles. The maximum absolute atomic E-state index is 12.9. The van der Waals surface area contributed by atoms with Crippen molar-refractivity contribution in [1.82, 2.24) is 4.31 Å². The van der Waals surface area contributed by atoms with E-state index in [9.17, 15) is 13.2 Å². The van der Waals surface area contributed by atoms with Crippen LogP contribution in [0.25, 0.3) is 0 Å². The molecule has 2 aromatic carbocycles. The fourth-order valence-electron chi connectivity index (χ4n) is 3.02. The van der Waals surface area contributed by atoms with Crippen molar-refractivity contribution in [2.45, 2.75) is 24.2 Å². The Labute approximate surface area is 164 Å². The van der Waals surface area contributed by atoms with Crippen LogP contribution in [0.4, 0.5) is 5.69 Å². The van der Waals surface area contributed by atoms with Gasteiger partial charge in [-0.1, -0.05) is 24.1 Å². The van der Waals surface area contributed by atoms with Gasteiger partial charge >= 0.3 is 0 Å². The summed E-state index contributed by atoms with van der Waals surface area (Å²) in [6.07, 6.45) is 2.75. The number of benzene rings is 2. The number of piperidine rings is 1. The van der Waals surface area contributed by atoms with Crippen molar-refractivity contribution < 1.29 is 17.9 Å². The topological polar surface area (TPSA) is 75.7 Å². The molecule has 8 heteroatoms. The molecule has 3 rings (SSSR count). The third-order valence-electron chi connectivity index (χ3n) is 4.46. The molecule has 1 fully saturated rings. The Balaban J connectivity index is 1.90. The zero-order valence-corrected chi connectivity index (χ0v) is 16.5. The van der Waals surface area contributed by atoms with Gasteiger partial charge in [-0.25, -0.2) is 8.42 Å². The van der Waals surface area contributed by atoms with Crippen LogP contribution in [-0.2, 0) is 10.0 Å². The van der Waals surface area contributed by atoms with Crippen LogP contribution in [0.15, 0.2) is 47.4 Å². The zero-order chi connectivity index (χ0) is 19.4. The average molecular weight is 409 g/mol. The number of hydrogen-bond acceptors (Lipinski definition) is 4. The minimum atomic E-state index is -3.61. The molecule has 0 radical (unpaired) electrons. The first-order valence-corrected chi connectivity index (χ1v) is 10.5. The molecule has 0 atom stereocenters. The summed E-state index contributed by atoms with van der Waals surface area (Å²) in [4.78, 5) is 12.6. The molecule has 1 saturated heterocycles. The van der Waals surface area contributed by atoms with Gasteiger partial charge < -0.3 is 10.1 Å². The van der Waals surface area contributed by atoms with E-state index < -0.39 is 15.9 Å². The van der Waals surface area contributed by atoms with Gasteiger partial charge in [0, 0.05) is 23.7 Å². The maximum Gasteiger partial charge on any atom is 0.255 e. The molecule has 144 valence electrons. The molecule has 1 N–H and O–H groups in total. The molecule has 0 bridgehead atoms. The predicted octanol–water partition coefficient (Wildman–Crippen LogP) is 3.78. The van der Waals surface area contributed by atoms with E-state index in [4.69, 9.17) is 16.3 Å². The van der Waals surface area contributed by atoms with Crippen LogP contribution < -0.4 is 10.1 Å². The standard InChI is InChI=1S/C19H21ClN2O4S/c1-26-18-9-8-16(27(24,25)22-10-3-2-4-11-22)13-17(18)21-19(23)14-6-5-7-15(20)12-14/h5-9,12-13H,2-4,10-11H2,1H3,(H,21,23). The van der Waals surface area contributed by atoms with Crippen LogP contribution in [0.1, 0.15) is 29.6 Å². The number of carbonyl (C=O) groups excluding carboxylic acids is 1. The lowest BCUT2D eigenvalue weighted by atomic mass is 10.2. The minimum Gasteiger partial charge on any atom is -0.495 e. The van der Waals surface area contributed by atoms with Crippen molar-refractivity contribution >= 4 is 33.2 Å². The Hall–Kier alpha value is -2.09. The lowest BCUT2D eigenvalue weighted by Crippen LogP contribution is -2.35. The van der Waals surface area contributed by atoms with E-state index in [-0.39, 0.29) is 4.90 Å². The van der Waals surface area contributed by atoms with Crippen molar-refractivity contribution in [3.63, 3.8) is 0 Å². The lowest BCUT2D eigenvalue weighted by molar-refractivity contribution is 0.102. The summed E-state index contributed by atoms with van der Waals surface area (Å²) in [7, 11) is -2.15.